The van der Waals surface area contributed by atoms with Crippen LogP contribution in [0.2, 0.25) is 0 Å². The zero-order valence-electron chi connectivity index (χ0n) is 10.3. The highest BCUT2D eigenvalue weighted by molar-refractivity contribution is 5.96. The number of nitrogens with one attached hydrogen (secondary N) is 1. The van der Waals surface area contributed by atoms with Crippen molar-refractivity contribution in [3.8, 4) is 0 Å². The van der Waals surface area contributed by atoms with E-state index in [-0.39, 0.29) is 18.0 Å². The van der Waals surface area contributed by atoms with Crippen molar-refractivity contribution in [3.05, 3.63) is 34.9 Å². The van der Waals surface area contributed by atoms with Crippen molar-refractivity contribution in [2.24, 2.45) is 0 Å². The monoisotopic (exact) mass is 241 g/mol. The Labute approximate surface area is 100 Å². The number of carbonyl (C=O) groups excluding carboxylic acids is 1. The van der Waals surface area contributed by atoms with E-state index < -0.39 is 23.0 Å². The number of hydrogen-bond acceptors (Lipinski definition) is 2. The molecule has 0 aliphatic heterocycles. The van der Waals surface area contributed by atoms with Crippen LogP contribution in [0.3, 0.4) is 0 Å². The average molecular weight is 241 g/mol. The summed E-state index contributed by atoms with van der Waals surface area (Å²) in [4.78, 5) is 11.7. The van der Waals surface area contributed by atoms with Gasteiger partial charge in [-0.25, -0.2) is 8.78 Å². The van der Waals surface area contributed by atoms with Gasteiger partial charge in [0.2, 0.25) is 0 Å². The molecule has 17 heavy (non-hydrogen) atoms. The summed E-state index contributed by atoms with van der Waals surface area (Å²) < 4.78 is 27.0. The van der Waals surface area contributed by atoms with E-state index in [9.17, 15) is 13.6 Å². The standard InChI is InChI=1S/C13H17F2NO/c1-8(2)16-7-6-11(17)12-10(14)5-4-9(3)13(12)15/h4-5,8,16H,6-7H2,1-3H3. The number of hydrogen-bond donors (Lipinski definition) is 1. The molecule has 0 fully saturated rings. The molecule has 0 heterocycles. The van der Waals surface area contributed by atoms with Gasteiger partial charge in [-0.15, -0.1) is 0 Å². The van der Waals surface area contributed by atoms with E-state index >= 15 is 0 Å². The Morgan fingerprint density at radius 3 is 2.59 bits per heavy atom. The summed E-state index contributed by atoms with van der Waals surface area (Å²) in [5.74, 6) is -2.04. The molecule has 1 aromatic carbocycles. The van der Waals surface area contributed by atoms with Gasteiger partial charge in [0.15, 0.2) is 5.78 Å². The second-order valence-electron chi connectivity index (χ2n) is 4.34. The van der Waals surface area contributed by atoms with Crippen molar-refractivity contribution in [2.45, 2.75) is 33.2 Å². The Morgan fingerprint density at radius 1 is 1.35 bits per heavy atom. The maximum atomic E-state index is 13.6. The average Bonchev–Trinajstić information content (AvgIpc) is 2.23. The molecule has 0 aromatic heterocycles. The minimum absolute atomic E-state index is 0.0927. The minimum atomic E-state index is -0.789. The third-order valence-electron chi connectivity index (χ3n) is 2.47. The lowest BCUT2D eigenvalue weighted by molar-refractivity contribution is 0.0973. The molecule has 0 atom stereocenters. The number of aryl methyl sites for hydroxylation is 1. The van der Waals surface area contributed by atoms with Crippen molar-refractivity contribution in [3.63, 3.8) is 0 Å². The first-order chi connectivity index (χ1) is 7.93. The number of benzene rings is 1. The number of carbonyl (C=O) groups is 1. The van der Waals surface area contributed by atoms with Crippen LogP contribution in [0.4, 0.5) is 8.78 Å². The fourth-order valence-corrected chi connectivity index (χ4v) is 1.51. The second-order valence-corrected chi connectivity index (χ2v) is 4.34. The summed E-state index contributed by atoms with van der Waals surface area (Å²) in [5.41, 5.74) is -0.137. The summed E-state index contributed by atoms with van der Waals surface area (Å²) in [7, 11) is 0. The molecule has 0 saturated heterocycles. The van der Waals surface area contributed by atoms with Crippen molar-refractivity contribution in [1.82, 2.24) is 5.32 Å². The molecule has 1 aromatic rings. The van der Waals surface area contributed by atoms with Crippen molar-refractivity contribution in [1.29, 1.82) is 0 Å². The quantitative estimate of drug-likeness (QED) is 0.803. The summed E-state index contributed by atoms with van der Waals surface area (Å²) in [6.07, 6.45) is 0.0927. The van der Waals surface area contributed by atoms with Gasteiger partial charge >= 0.3 is 0 Å². The SMILES string of the molecule is Cc1ccc(F)c(C(=O)CCNC(C)C)c1F. The van der Waals surface area contributed by atoms with Crippen LogP contribution >= 0.6 is 0 Å². The van der Waals surface area contributed by atoms with Gasteiger partial charge in [-0.1, -0.05) is 19.9 Å². The topological polar surface area (TPSA) is 29.1 Å². The van der Waals surface area contributed by atoms with E-state index in [1.807, 2.05) is 13.8 Å². The molecule has 0 aliphatic carbocycles. The van der Waals surface area contributed by atoms with E-state index in [1.165, 1.54) is 13.0 Å². The molecule has 0 aliphatic rings. The Morgan fingerprint density at radius 2 is 2.00 bits per heavy atom. The lowest BCUT2D eigenvalue weighted by atomic mass is 10.0. The first-order valence-electron chi connectivity index (χ1n) is 5.64. The molecular formula is C13H17F2NO. The van der Waals surface area contributed by atoms with Crippen molar-refractivity contribution in [2.75, 3.05) is 6.54 Å². The highest BCUT2D eigenvalue weighted by atomic mass is 19.1. The van der Waals surface area contributed by atoms with E-state index in [1.54, 1.807) is 0 Å². The lowest BCUT2D eigenvalue weighted by Crippen LogP contribution is -2.25. The lowest BCUT2D eigenvalue weighted by Gasteiger charge is -2.09. The van der Waals surface area contributed by atoms with Crippen LogP contribution in [0.5, 0.6) is 0 Å². The number of Topliss-reactive ketones (excluding diaryl/α,β-unsaturated/α-hetero) is 1. The predicted molar refractivity (Wildman–Crippen MR) is 63.2 cm³/mol. The molecule has 0 amide bonds. The zero-order chi connectivity index (χ0) is 13.0. The number of ketones is 1. The van der Waals surface area contributed by atoms with Gasteiger partial charge in [0, 0.05) is 19.0 Å². The van der Waals surface area contributed by atoms with Gasteiger partial charge < -0.3 is 5.32 Å². The van der Waals surface area contributed by atoms with Crippen LogP contribution in [-0.2, 0) is 0 Å². The van der Waals surface area contributed by atoms with Gasteiger partial charge in [-0.05, 0) is 18.6 Å². The van der Waals surface area contributed by atoms with Gasteiger partial charge in [0.05, 0.1) is 5.56 Å². The summed E-state index contributed by atoms with van der Waals surface area (Å²) >= 11 is 0. The highest BCUT2D eigenvalue weighted by Crippen LogP contribution is 2.17. The van der Waals surface area contributed by atoms with Gasteiger partial charge in [-0.3, -0.25) is 4.79 Å². The van der Waals surface area contributed by atoms with Gasteiger partial charge in [0.1, 0.15) is 11.6 Å². The molecular weight excluding hydrogens is 224 g/mol. The molecule has 0 radical (unpaired) electrons. The van der Waals surface area contributed by atoms with Crippen molar-refractivity contribution >= 4 is 5.78 Å². The predicted octanol–water partition coefficient (Wildman–Crippen LogP) is 2.84. The summed E-state index contributed by atoms with van der Waals surface area (Å²) in [5, 5.41) is 3.03. The Kier molecular flexibility index (Phi) is 4.75. The smallest absolute Gasteiger partial charge is 0.170 e. The molecule has 1 rings (SSSR count). The van der Waals surface area contributed by atoms with Crippen LogP contribution in [0.25, 0.3) is 0 Å². The van der Waals surface area contributed by atoms with Crippen LogP contribution < -0.4 is 5.32 Å². The third-order valence-corrected chi connectivity index (χ3v) is 2.47. The van der Waals surface area contributed by atoms with Gasteiger partial charge in [-0.2, -0.15) is 0 Å². The van der Waals surface area contributed by atoms with Gasteiger partial charge in [0.25, 0.3) is 0 Å². The Bertz CT molecular complexity index is 416. The van der Waals surface area contributed by atoms with E-state index in [2.05, 4.69) is 5.32 Å². The highest BCUT2D eigenvalue weighted by Gasteiger charge is 2.18. The molecule has 0 saturated carbocycles. The first-order valence-corrected chi connectivity index (χ1v) is 5.64. The van der Waals surface area contributed by atoms with Crippen LogP contribution in [0.1, 0.15) is 36.2 Å². The maximum Gasteiger partial charge on any atom is 0.170 e. The van der Waals surface area contributed by atoms with E-state index in [0.29, 0.717) is 6.54 Å². The summed E-state index contributed by atoms with van der Waals surface area (Å²) in [6.45, 7) is 5.82. The Hall–Kier alpha value is -1.29. The number of rotatable bonds is 5. The molecule has 94 valence electrons. The molecule has 0 unspecified atom stereocenters. The third kappa shape index (κ3) is 3.60. The molecule has 0 bridgehead atoms. The van der Waals surface area contributed by atoms with Crippen LogP contribution in [0.15, 0.2) is 12.1 Å². The Balaban J connectivity index is 2.79. The second kappa shape index (κ2) is 5.87. The molecule has 4 heteroatoms. The maximum absolute atomic E-state index is 13.6. The molecule has 2 nitrogen and oxygen atoms in total. The molecule has 0 spiro atoms. The fourth-order valence-electron chi connectivity index (χ4n) is 1.51. The minimum Gasteiger partial charge on any atom is -0.314 e. The van der Waals surface area contributed by atoms with Crippen molar-refractivity contribution < 1.29 is 13.6 Å². The molecule has 1 N–H and O–H groups in total. The van der Waals surface area contributed by atoms with Crippen LogP contribution in [0, 0.1) is 18.6 Å². The van der Waals surface area contributed by atoms with E-state index in [4.69, 9.17) is 0 Å². The van der Waals surface area contributed by atoms with E-state index in [0.717, 1.165) is 6.07 Å². The normalized spacial score (nSPS) is 10.9. The van der Waals surface area contributed by atoms with Crippen LogP contribution in [-0.4, -0.2) is 18.4 Å². The summed E-state index contributed by atoms with van der Waals surface area (Å²) in [6, 6.07) is 2.70. The number of halogens is 2. The zero-order valence-corrected chi connectivity index (χ0v) is 10.3. The largest absolute Gasteiger partial charge is 0.314 e. The first kappa shape index (κ1) is 13.8. The fraction of sp³-hybridized carbons (Fsp3) is 0.462.